The van der Waals surface area contributed by atoms with Crippen molar-refractivity contribution in [2.75, 3.05) is 44.6 Å². The zero-order valence-electron chi connectivity index (χ0n) is 27.3. The van der Waals surface area contributed by atoms with Crippen LogP contribution in [0, 0.1) is 11.7 Å². The number of carboxylic acids is 1. The van der Waals surface area contributed by atoms with Gasteiger partial charge in [0.15, 0.2) is 11.6 Å². The van der Waals surface area contributed by atoms with E-state index in [4.69, 9.17) is 14.6 Å². The SMILES string of the molecule is CC(C)CC(C)(C)OCC(C)(C)Oc1ccccc1F.O=C(O)CCN1CCN(CCCc2ccc3c(n2)NCCC3)C1=O. The molecule has 2 N–H and O–H groups in total. The number of fused-ring (bicyclic) bond motifs is 1. The highest BCUT2D eigenvalue weighted by molar-refractivity contribution is 5.77. The number of benzene rings is 1. The number of carboxylic acid groups (broad SMARTS) is 1. The van der Waals surface area contributed by atoms with Crippen LogP contribution in [0.3, 0.4) is 0 Å². The lowest BCUT2D eigenvalue weighted by Crippen LogP contribution is -2.39. The second-order valence-corrected chi connectivity index (χ2v) is 13.3. The average molecular weight is 615 g/mol. The normalized spacial score (nSPS) is 15.0. The molecule has 0 radical (unpaired) electrons. The fraction of sp³-hybridized carbons (Fsp3) is 0.618. The van der Waals surface area contributed by atoms with Crippen LogP contribution in [-0.4, -0.2) is 82.4 Å². The summed E-state index contributed by atoms with van der Waals surface area (Å²) in [7, 11) is 0. The molecule has 0 aliphatic carbocycles. The number of pyridine rings is 1. The fourth-order valence-corrected chi connectivity index (χ4v) is 5.50. The number of urea groups is 1. The standard InChI is InChI=1S/C17H27FO2.C17H24N4O3/c1-13(2)11-16(3,4)19-12-17(5,6)20-15-10-8-7-9-14(15)18;22-15(23)7-10-21-12-11-20(17(21)24)9-2-4-14-6-5-13-3-1-8-18-16(13)19-14/h7-10,13H,11-12H2,1-6H3;5-6H,1-4,7-12H2,(H,18,19)(H,22,23). The van der Waals surface area contributed by atoms with E-state index in [0.29, 0.717) is 38.7 Å². The number of amides is 2. The van der Waals surface area contributed by atoms with Gasteiger partial charge in [0.2, 0.25) is 0 Å². The summed E-state index contributed by atoms with van der Waals surface area (Å²) >= 11 is 0. The van der Waals surface area contributed by atoms with Crippen LogP contribution in [0.5, 0.6) is 5.75 Å². The highest BCUT2D eigenvalue weighted by atomic mass is 19.1. The highest BCUT2D eigenvalue weighted by Gasteiger charge is 2.29. The Labute approximate surface area is 262 Å². The van der Waals surface area contributed by atoms with Gasteiger partial charge in [-0.05, 0) is 89.5 Å². The van der Waals surface area contributed by atoms with E-state index in [1.165, 1.54) is 11.6 Å². The molecule has 0 atom stereocenters. The second-order valence-electron chi connectivity index (χ2n) is 13.3. The number of nitrogens with one attached hydrogen (secondary N) is 1. The van der Waals surface area contributed by atoms with Gasteiger partial charge in [0.05, 0.1) is 18.6 Å². The smallest absolute Gasteiger partial charge is 0.320 e. The van der Waals surface area contributed by atoms with Crippen molar-refractivity contribution in [3.63, 3.8) is 0 Å². The molecule has 0 saturated carbocycles. The number of halogens is 1. The summed E-state index contributed by atoms with van der Waals surface area (Å²) < 4.78 is 25.3. The summed E-state index contributed by atoms with van der Waals surface area (Å²) in [6, 6.07) is 10.6. The first-order valence-corrected chi connectivity index (χ1v) is 15.8. The zero-order valence-corrected chi connectivity index (χ0v) is 27.3. The Hall–Kier alpha value is -3.40. The van der Waals surface area contributed by atoms with Crippen molar-refractivity contribution in [2.24, 2.45) is 5.92 Å². The third-order valence-corrected chi connectivity index (χ3v) is 7.52. The van der Waals surface area contributed by atoms with Gasteiger partial charge in [0, 0.05) is 38.4 Å². The molecule has 2 aliphatic heterocycles. The van der Waals surface area contributed by atoms with Crippen molar-refractivity contribution in [2.45, 2.75) is 91.3 Å². The van der Waals surface area contributed by atoms with E-state index >= 15 is 0 Å². The van der Waals surface area contributed by atoms with Gasteiger partial charge in [-0.25, -0.2) is 14.2 Å². The largest absolute Gasteiger partial charge is 0.482 e. The Morgan fingerprint density at radius 1 is 1.07 bits per heavy atom. The number of rotatable bonds is 14. The summed E-state index contributed by atoms with van der Waals surface area (Å²) in [5, 5.41) is 12.1. The summed E-state index contributed by atoms with van der Waals surface area (Å²) in [5.41, 5.74) is 1.56. The molecule has 10 heteroatoms. The van der Waals surface area contributed by atoms with E-state index in [9.17, 15) is 14.0 Å². The number of aliphatic carboxylic acids is 1. The molecule has 0 bridgehead atoms. The molecule has 0 unspecified atom stereocenters. The number of ether oxygens (including phenoxy) is 2. The van der Waals surface area contributed by atoms with Crippen LogP contribution in [0.2, 0.25) is 0 Å². The molecular weight excluding hydrogens is 563 g/mol. The lowest BCUT2D eigenvalue weighted by Gasteiger charge is -2.33. The molecule has 4 rings (SSSR count). The lowest BCUT2D eigenvalue weighted by atomic mass is 9.96. The van der Waals surface area contributed by atoms with Crippen molar-refractivity contribution in [1.29, 1.82) is 0 Å². The molecule has 1 saturated heterocycles. The minimum absolute atomic E-state index is 0.00558. The highest BCUT2D eigenvalue weighted by Crippen LogP contribution is 2.26. The minimum atomic E-state index is -0.867. The number of hydrogen-bond acceptors (Lipinski definition) is 6. The van der Waals surface area contributed by atoms with Gasteiger partial charge < -0.3 is 29.7 Å². The summed E-state index contributed by atoms with van der Waals surface area (Å²) in [5.74, 6) is 0.634. The van der Waals surface area contributed by atoms with E-state index in [2.05, 4.69) is 50.1 Å². The van der Waals surface area contributed by atoms with E-state index in [1.54, 1.807) is 28.0 Å². The van der Waals surface area contributed by atoms with E-state index in [1.807, 2.05) is 13.8 Å². The van der Waals surface area contributed by atoms with Crippen LogP contribution in [0.4, 0.5) is 15.0 Å². The Morgan fingerprint density at radius 2 is 1.77 bits per heavy atom. The molecule has 1 fully saturated rings. The number of carbonyl (C=O) groups excluding carboxylic acids is 1. The maximum atomic E-state index is 13.6. The Kier molecular flexibility index (Phi) is 12.8. The quantitative estimate of drug-likeness (QED) is 0.253. The number of anilines is 1. The van der Waals surface area contributed by atoms with Crippen LogP contribution >= 0.6 is 0 Å². The summed E-state index contributed by atoms with van der Waals surface area (Å²) in [4.78, 5) is 30.9. The van der Waals surface area contributed by atoms with Crippen molar-refractivity contribution in [1.82, 2.24) is 14.8 Å². The van der Waals surface area contributed by atoms with Gasteiger partial charge in [-0.15, -0.1) is 0 Å². The van der Waals surface area contributed by atoms with Crippen molar-refractivity contribution in [3.8, 4) is 5.75 Å². The van der Waals surface area contributed by atoms with Crippen LogP contribution in [-0.2, 0) is 22.4 Å². The molecule has 2 aromatic rings. The van der Waals surface area contributed by atoms with Gasteiger partial charge >= 0.3 is 12.0 Å². The third-order valence-electron chi connectivity index (χ3n) is 7.52. The predicted octanol–water partition coefficient (Wildman–Crippen LogP) is 6.41. The Morgan fingerprint density at radius 3 is 2.45 bits per heavy atom. The Bertz CT molecular complexity index is 1240. The lowest BCUT2D eigenvalue weighted by molar-refractivity contribution is -0.137. The van der Waals surface area contributed by atoms with Gasteiger partial charge in [0.1, 0.15) is 11.4 Å². The fourth-order valence-electron chi connectivity index (χ4n) is 5.50. The molecule has 1 aromatic carbocycles. The molecule has 44 heavy (non-hydrogen) atoms. The molecule has 9 nitrogen and oxygen atoms in total. The third kappa shape index (κ3) is 11.6. The number of hydrogen-bond donors (Lipinski definition) is 2. The predicted molar refractivity (Wildman–Crippen MR) is 171 cm³/mol. The van der Waals surface area contributed by atoms with Crippen molar-refractivity contribution < 1.29 is 28.6 Å². The first kappa shape index (κ1) is 35.1. The van der Waals surface area contributed by atoms with E-state index in [-0.39, 0.29) is 29.6 Å². The molecule has 2 amide bonds. The van der Waals surface area contributed by atoms with Crippen molar-refractivity contribution in [3.05, 3.63) is 53.5 Å². The number of aryl methyl sites for hydroxylation is 2. The monoisotopic (exact) mass is 614 g/mol. The first-order chi connectivity index (χ1) is 20.7. The van der Waals surface area contributed by atoms with Gasteiger partial charge in [-0.2, -0.15) is 0 Å². The first-order valence-electron chi connectivity index (χ1n) is 15.8. The molecule has 244 valence electrons. The number of carbonyl (C=O) groups is 2. The van der Waals surface area contributed by atoms with Crippen LogP contribution < -0.4 is 10.1 Å². The van der Waals surface area contributed by atoms with E-state index in [0.717, 1.165) is 50.2 Å². The molecule has 1 aromatic heterocycles. The molecule has 2 aliphatic rings. The maximum Gasteiger partial charge on any atom is 0.320 e. The van der Waals surface area contributed by atoms with E-state index < -0.39 is 11.6 Å². The maximum absolute atomic E-state index is 13.6. The van der Waals surface area contributed by atoms with Crippen LogP contribution in [0.15, 0.2) is 36.4 Å². The minimum Gasteiger partial charge on any atom is -0.482 e. The van der Waals surface area contributed by atoms with Crippen LogP contribution in [0.25, 0.3) is 0 Å². The molecule has 3 heterocycles. The van der Waals surface area contributed by atoms with Crippen molar-refractivity contribution >= 4 is 17.8 Å². The number of aromatic nitrogens is 1. The van der Waals surface area contributed by atoms with Gasteiger partial charge in [-0.1, -0.05) is 32.0 Å². The molecule has 0 spiro atoms. The average Bonchev–Trinajstić information content (AvgIpc) is 3.30. The summed E-state index contributed by atoms with van der Waals surface area (Å²) in [6.45, 7) is 16.0. The summed E-state index contributed by atoms with van der Waals surface area (Å²) in [6.07, 6.45) is 4.93. The zero-order chi connectivity index (χ0) is 32.3. The molecular formula is C34H51FN4O5. The van der Waals surface area contributed by atoms with Gasteiger partial charge in [-0.3, -0.25) is 4.79 Å². The van der Waals surface area contributed by atoms with Gasteiger partial charge in [0.25, 0.3) is 0 Å². The number of nitrogens with zero attached hydrogens (tertiary/aromatic N) is 3. The topological polar surface area (TPSA) is 104 Å². The van der Waals surface area contributed by atoms with Crippen LogP contribution in [0.1, 0.15) is 78.5 Å². The Balaban J connectivity index is 0.000000245. The number of para-hydroxylation sites is 1. The second kappa shape index (κ2) is 16.1.